The molecular formula is C13H21N3O. The Morgan fingerprint density at radius 1 is 1.53 bits per heavy atom. The first-order valence-electron chi connectivity index (χ1n) is 6.45. The zero-order valence-electron chi connectivity index (χ0n) is 10.4. The molecule has 1 amide bonds. The Balaban J connectivity index is 1.84. The Hall–Kier alpha value is -1.29. The van der Waals surface area contributed by atoms with Crippen LogP contribution in [0.1, 0.15) is 30.3 Å². The molecule has 1 aliphatic rings. The first-order valence-corrected chi connectivity index (χ1v) is 6.45. The van der Waals surface area contributed by atoms with Crippen LogP contribution >= 0.6 is 0 Å². The highest BCUT2D eigenvalue weighted by Gasteiger charge is 2.15. The van der Waals surface area contributed by atoms with Crippen LogP contribution in [0.5, 0.6) is 0 Å². The summed E-state index contributed by atoms with van der Waals surface area (Å²) in [5, 5.41) is 6.37. The lowest BCUT2D eigenvalue weighted by Crippen LogP contribution is -2.36. The number of aryl methyl sites for hydroxylation is 1. The molecule has 1 aromatic heterocycles. The summed E-state index contributed by atoms with van der Waals surface area (Å²) >= 11 is 0. The van der Waals surface area contributed by atoms with E-state index in [1.165, 1.54) is 0 Å². The van der Waals surface area contributed by atoms with Crippen molar-refractivity contribution in [2.24, 2.45) is 5.92 Å². The van der Waals surface area contributed by atoms with E-state index >= 15 is 0 Å². The Labute approximate surface area is 102 Å². The van der Waals surface area contributed by atoms with Crippen LogP contribution in [0.2, 0.25) is 0 Å². The third-order valence-corrected chi connectivity index (χ3v) is 3.41. The van der Waals surface area contributed by atoms with E-state index in [0.29, 0.717) is 5.92 Å². The molecule has 2 N–H and O–H groups in total. The zero-order chi connectivity index (χ0) is 12.1. The first-order chi connectivity index (χ1) is 8.31. The third-order valence-electron chi connectivity index (χ3n) is 3.41. The van der Waals surface area contributed by atoms with E-state index in [4.69, 9.17) is 0 Å². The van der Waals surface area contributed by atoms with Crippen molar-refractivity contribution in [3.05, 3.63) is 24.0 Å². The maximum atomic E-state index is 12.0. The molecule has 1 aliphatic heterocycles. The van der Waals surface area contributed by atoms with Crippen molar-refractivity contribution in [2.75, 3.05) is 19.6 Å². The Morgan fingerprint density at radius 3 is 3.00 bits per heavy atom. The fraction of sp³-hybridized carbons (Fsp3) is 0.615. The maximum absolute atomic E-state index is 12.0. The van der Waals surface area contributed by atoms with Gasteiger partial charge in [0.2, 0.25) is 0 Å². The molecule has 1 saturated heterocycles. The monoisotopic (exact) mass is 235 g/mol. The van der Waals surface area contributed by atoms with Crippen LogP contribution < -0.4 is 10.6 Å². The summed E-state index contributed by atoms with van der Waals surface area (Å²) in [7, 11) is 0. The van der Waals surface area contributed by atoms with Gasteiger partial charge in [0.05, 0.1) is 0 Å². The van der Waals surface area contributed by atoms with Gasteiger partial charge in [-0.2, -0.15) is 0 Å². The molecule has 0 spiro atoms. The minimum Gasteiger partial charge on any atom is -0.350 e. The molecule has 4 nitrogen and oxygen atoms in total. The quantitative estimate of drug-likeness (QED) is 0.824. The highest BCUT2D eigenvalue weighted by Crippen LogP contribution is 2.10. The number of carbonyl (C=O) groups is 1. The lowest BCUT2D eigenvalue weighted by atomic mass is 9.98. The van der Waals surface area contributed by atoms with E-state index in [9.17, 15) is 4.79 Å². The largest absolute Gasteiger partial charge is 0.350 e. The molecule has 17 heavy (non-hydrogen) atoms. The average Bonchev–Trinajstić information content (AvgIpc) is 2.85. The minimum atomic E-state index is 0.0513. The van der Waals surface area contributed by atoms with E-state index in [2.05, 4.69) is 10.6 Å². The molecule has 0 saturated carbocycles. The fourth-order valence-corrected chi connectivity index (χ4v) is 2.31. The van der Waals surface area contributed by atoms with Crippen LogP contribution in [0, 0.1) is 5.92 Å². The number of nitrogens with one attached hydrogen (secondary N) is 2. The predicted octanol–water partition coefficient (Wildman–Crippen LogP) is 1.24. The summed E-state index contributed by atoms with van der Waals surface area (Å²) in [5.74, 6) is 0.681. The molecule has 0 atom stereocenters. The SMILES string of the molecule is CCn1cccc1C(=O)NCC1CCNCC1. The van der Waals surface area contributed by atoms with E-state index < -0.39 is 0 Å². The molecule has 94 valence electrons. The molecule has 0 aromatic carbocycles. The summed E-state index contributed by atoms with van der Waals surface area (Å²) in [6, 6.07) is 3.80. The van der Waals surface area contributed by atoms with Crippen molar-refractivity contribution in [2.45, 2.75) is 26.3 Å². The van der Waals surface area contributed by atoms with Gasteiger partial charge in [-0.05, 0) is 50.9 Å². The normalized spacial score (nSPS) is 17.0. The second-order valence-electron chi connectivity index (χ2n) is 4.58. The summed E-state index contributed by atoms with van der Waals surface area (Å²) < 4.78 is 1.97. The lowest BCUT2D eigenvalue weighted by molar-refractivity contribution is 0.0935. The van der Waals surface area contributed by atoms with Crippen LogP contribution in [-0.2, 0) is 6.54 Å². The van der Waals surface area contributed by atoms with Crippen LogP contribution in [-0.4, -0.2) is 30.1 Å². The van der Waals surface area contributed by atoms with E-state index in [0.717, 1.165) is 44.7 Å². The number of hydrogen-bond donors (Lipinski definition) is 2. The van der Waals surface area contributed by atoms with E-state index in [1.54, 1.807) is 0 Å². The zero-order valence-corrected chi connectivity index (χ0v) is 10.4. The van der Waals surface area contributed by atoms with Gasteiger partial charge < -0.3 is 15.2 Å². The molecule has 1 fully saturated rings. The van der Waals surface area contributed by atoms with Crippen LogP contribution in [0.25, 0.3) is 0 Å². The second kappa shape index (κ2) is 5.87. The molecule has 0 bridgehead atoms. The van der Waals surface area contributed by atoms with Crippen molar-refractivity contribution in [3.8, 4) is 0 Å². The van der Waals surface area contributed by atoms with Gasteiger partial charge in [-0.3, -0.25) is 4.79 Å². The number of carbonyl (C=O) groups excluding carboxylic acids is 1. The van der Waals surface area contributed by atoms with Crippen LogP contribution in [0.4, 0.5) is 0 Å². The predicted molar refractivity (Wildman–Crippen MR) is 68.0 cm³/mol. The summed E-state index contributed by atoms with van der Waals surface area (Å²) in [6.45, 7) is 5.83. The number of hydrogen-bond acceptors (Lipinski definition) is 2. The van der Waals surface area contributed by atoms with Gasteiger partial charge in [-0.25, -0.2) is 0 Å². The lowest BCUT2D eigenvalue weighted by Gasteiger charge is -2.22. The third kappa shape index (κ3) is 3.09. The first kappa shape index (κ1) is 12.2. The molecule has 4 heteroatoms. The van der Waals surface area contributed by atoms with Gasteiger partial charge in [0.15, 0.2) is 0 Å². The van der Waals surface area contributed by atoms with Crippen LogP contribution in [0.15, 0.2) is 18.3 Å². The van der Waals surface area contributed by atoms with Gasteiger partial charge in [-0.1, -0.05) is 0 Å². The van der Waals surface area contributed by atoms with Crippen molar-refractivity contribution in [1.29, 1.82) is 0 Å². The fourth-order valence-electron chi connectivity index (χ4n) is 2.31. The van der Waals surface area contributed by atoms with Gasteiger partial charge in [-0.15, -0.1) is 0 Å². The highest BCUT2D eigenvalue weighted by molar-refractivity contribution is 5.92. The molecule has 2 heterocycles. The second-order valence-corrected chi connectivity index (χ2v) is 4.58. The number of piperidine rings is 1. The molecule has 0 unspecified atom stereocenters. The van der Waals surface area contributed by atoms with E-state index in [1.807, 2.05) is 29.8 Å². The maximum Gasteiger partial charge on any atom is 0.267 e. The van der Waals surface area contributed by atoms with Crippen LogP contribution in [0.3, 0.4) is 0 Å². The molecule has 0 aliphatic carbocycles. The highest BCUT2D eigenvalue weighted by atomic mass is 16.1. The number of nitrogens with zero attached hydrogens (tertiary/aromatic N) is 1. The van der Waals surface area contributed by atoms with Gasteiger partial charge in [0.1, 0.15) is 5.69 Å². The van der Waals surface area contributed by atoms with Gasteiger partial charge >= 0.3 is 0 Å². The Bertz CT molecular complexity index is 366. The topological polar surface area (TPSA) is 46.1 Å². The van der Waals surface area contributed by atoms with E-state index in [-0.39, 0.29) is 5.91 Å². The Morgan fingerprint density at radius 2 is 2.29 bits per heavy atom. The standard InChI is InChI=1S/C13H21N3O/c1-2-16-9-3-4-12(16)13(17)15-10-11-5-7-14-8-6-11/h3-4,9,11,14H,2,5-8,10H2,1H3,(H,15,17). The molecule has 2 rings (SSSR count). The van der Waals surface area contributed by atoms with Crippen molar-refractivity contribution >= 4 is 5.91 Å². The minimum absolute atomic E-state index is 0.0513. The summed E-state index contributed by atoms with van der Waals surface area (Å²) in [4.78, 5) is 12.0. The van der Waals surface area contributed by atoms with Gasteiger partial charge in [0, 0.05) is 19.3 Å². The smallest absolute Gasteiger partial charge is 0.267 e. The van der Waals surface area contributed by atoms with Gasteiger partial charge in [0.25, 0.3) is 5.91 Å². The van der Waals surface area contributed by atoms with Crippen molar-refractivity contribution in [1.82, 2.24) is 15.2 Å². The Kier molecular flexibility index (Phi) is 4.20. The molecular weight excluding hydrogens is 214 g/mol. The van der Waals surface area contributed by atoms with Crippen molar-refractivity contribution < 1.29 is 4.79 Å². The average molecular weight is 235 g/mol. The summed E-state index contributed by atoms with van der Waals surface area (Å²) in [5.41, 5.74) is 0.765. The number of aromatic nitrogens is 1. The molecule has 1 aromatic rings. The molecule has 0 radical (unpaired) electrons. The van der Waals surface area contributed by atoms with Crippen molar-refractivity contribution in [3.63, 3.8) is 0 Å². The number of amides is 1. The number of rotatable bonds is 4. The summed E-state index contributed by atoms with van der Waals surface area (Å²) in [6.07, 6.45) is 4.27.